The van der Waals surface area contributed by atoms with E-state index in [1.807, 2.05) is 34.6 Å². The lowest BCUT2D eigenvalue weighted by atomic mass is 9.88. The summed E-state index contributed by atoms with van der Waals surface area (Å²) in [7, 11) is 0.548. The minimum Gasteiger partial charge on any atom is -0.306 e. The monoisotopic (exact) mass is 420 g/mol. The van der Waals surface area contributed by atoms with Gasteiger partial charge >= 0.3 is 0 Å². The molecular weight excluding hydrogens is 391 g/mol. The number of amides is 1. The Kier molecular flexibility index (Phi) is 5.12. The summed E-state index contributed by atoms with van der Waals surface area (Å²) in [6.07, 6.45) is 15.0. The van der Waals surface area contributed by atoms with Crippen LogP contribution in [-0.2, 0) is 4.79 Å². The number of hydrogen-bond acceptors (Lipinski definition) is 3. The highest BCUT2D eigenvalue weighted by molar-refractivity contribution is 7.51. The van der Waals surface area contributed by atoms with Gasteiger partial charge in [-0.1, -0.05) is 20.7 Å². The van der Waals surface area contributed by atoms with Crippen LogP contribution in [0.4, 0.5) is 0 Å². The van der Waals surface area contributed by atoms with E-state index >= 15 is 0 Å². The maximum Gasteiger partial charge on any atom is 0.252 e. The predicted octanol–water partition coefficient (Wildman–Crippen LogP) is 4.40. The summed E-state index contributed by atoms with van der Waals surface area (Å²) in [4.78, 5) is 22.0. The van der Waals surface area contributed by atoms with E-state index in [4.69, 9.17) is 0 Å². The zero-order valence-corrected chi connectivity index (χ0v) is 18.9. The van der Waals surface area contributed by atoms with Crippen molar-refractivity contribution in [1.82, 2.24) is 19.2 Å². The Bertz CT molecular complexity index is 1070. The highest BCUT2D eigenvalue weighted by atomic mass is 31.1. The number of aromatic nitrogens is 2. The first-order chi connectivity index (χ1) is 14.5. The van der Waals surface area contributed by atoms with Gasteiger partial charge in [0.2, 0.25) is 0 Å². The van der Waals surface area contributed by atoms with Gasteiger partial charge in [0.05, 0.1) is 11.5 Å². The number of imidazole rings is 1. The van der Waals surface area contributed by atoms with Gasteiger partial charge in [-0.2, -0.15) is 0 Å². The van der Waals surface area contributed by atoms with Gasteiger partial charge in [0.25, 0.3) is 5.91 Å². The van der Waals surface area contributed by atoms with Gasteiger partial charge in [0.1, 0.15) is 5.65 Å². The van der Waals surface area contributed by atoms with Crippen molar-refractivity contribution in [2.75, 3.05) is 13.1 Å². The summed E-state index contributed by atoms with van der Waals surface area (Å²) in [6.45, 7) is 8.83. The van der Waals surface area contributed by atoms with E-state index in [2.05, 4.69) is 54.3 Å². The molecule has 30 heavy (non-hydrogen) atoms. The van der Waals surface area contributed by atoms with E-state index in [-0.39, 0.29) is 11.7 Å². The van der Waals surface area contributed by atoms with E-state index in [1.165, 1.54) is 18.4 Å². The van der Waals surface area contributed by atoms with Gasteiger partial charge < -0.3 is 14.2 Å². The molecule has 0 spiro atoms. The average Bonchev–Trinajstić information content (AvgIpc) is 3.12. The molecule has 0 aliphatic carbocycles. The van der Waals surface area contributed by atoms with Crippen LogP contribution in [0.1, 0.15) is 37.9 Å². The highest BCUT2D eigenvalue weighted by Crippen LogP contribution is 2.45. The van der Waals surface area contributed by atoms with Crippen molar-refractivity contribution < 1.29 is 4.79 Å². The van der Waals surface area contributed by atoms with Crippen LogP contribution in [0.3, 0.4) is 0 Å². The van der Waals surface area contributed by atoms with E-state index < -0.39 is 0 Å². The number of rotatable bonds is 3. The van der Waals surface area contributed by atoms with Crippen LogP contribution in [-0.4, -0.2) is 50.0 Å². The molecule has 0 bridgehead atoms. The number of carbonyl (C=O) groups excluding carboxylic acids is 1. The van der Waals surface area contributed by atoms with Crippen LogP contribution >= 0.6 is 8.58 Å². The predicted molar refractivity (Wildman–Crippen MR) is 124 cm³/mol. The second kappa shape index (κ2) is 7.79. The van der Waals surface area contributed by atoms with Crippen LogP contribution < -0.4 is 0 Å². The van der Waals surface area contributed by atoms with Gasteiger partial charge in [-0.3, -0.25) is 4.79 Å². The molecule has 5 rings (SSSR count). The molecule has 2 atom stereocenters. The summed E-state index contributed by atoms with van der Waals surface area (Å²) < 4.78 is 2.05. The van der Waals surface area contributed by atoms with Crippen LogP contribution in [0.2, 0.25) is 0 Å². The Morgan fingerprint density at radius 1 is 1.17 bits per heavy atom. The fourth-order valence-corrected chi connectivity index (χ4v) is 6.10. The topological polar surface area (TPSA) is 40.9 Å². The minimum absolute atomic E-state index is 0.0946. The van der Waals surface area contributed by atoms with Crippen LogP contribution in [0.15, 0.2) is 54.5 Å². The Balaban J connectivity index is 1.34. The lowest BCUT2D eigenvalue weighted by molar-refractivity contribution is -0.123. The molecular formula is C24H29N4OP. The SMILES string of the molecule is Cc1cn2cc(C3=CC(=O)N4C=C(C5CCN(C(C)C)CC5)C=CC4P3)ccc2n1. The van der Waals surface area contributed by atoms with Crippen LogP contribution in [0.25, 0.3) is 11.0 Å². The number of fused-ring (bicyclic) bond motifs is 2. The number of hydrogen-bond donors (Lipinski definition) is 0. The second-order valence-electron chi connectivity index (χ2n) is 8.85. The maximum atomic E-state index is 13.0. The first-order valence-electron chi connectivity index (χ1n) is 10.9. The first-order valence-corrected chi connectivity index (χ1v) is 12.0. The molecule has 1 fully saturated rings. The maximum absolute atomic E-state index is 13.0. The fourth-order valence-electron chi connectivity index (χ4n) is 4.73. The zero-order valence-electron chi connectivity index (χ0n) is 17.9. The second-order valence-corrected chi connectivity index (χ2v) is 10.3. The molecule has 6 heteroatoms. The van der Waals surface area contributed by atoms with Crippen molar-refractivity contribution in [2.24, 2.45) is 5.92 Å². The zero-order chi connectivity index (χ0) is 20.8. The summed E-state index contributed by atoms with van der Waals surface area (Å²) in [6, 6.07) is 4.73. The third-order valence-corrected chi connectivity index (χ3v) is 8.01. The molecule has 2 aromatic rings. The summed E-state index contributed by atoms with van der Waals surface area (Å²) in [5, 5.41) is 1.13. The molecule has 3 aliphatic rings. The molecule has 1 saturated heterocycles. The van der Waals surface area contributed by atoms with Gasteiger partial charge in [0.15, 0.2) is 0 Å². The van der Waals surface area contributed by atoms with E-state index in [0.717, 1.165) is 35.3 Å². The molecule has 5 nitrogen and oxygen atoms in total. The molecule has 5 heterocycles. The van der Waals surface area contributed by atoms with Gasteiger partial charge in [-0.25, -0.2) is 4.98 Å². The standard InChI is InChI=1S/C24H29N4OP/c1-16(2)26-10-8-18(9-11-26)19-5-7-24-28(15-19)23(29)12-21(30-24)20-4-6-22-25-17(3)13-27(22)14-20/h4-7,12-16,18,24,30H,8-11H2,1-3H3. The van der Waals surface area contributed by atoms with Crippen molar-refractivity contribution in [2.45, 2.75) is 45.4 Å². The normalized spacial score (nSPS) is 23.9. The molecule has 156 valence electrons. The molecule has 3 aliphatic heterocycles. The number of nitrogens with zero attached hydrogens (tertiary/aromatic N) is 4. The van der Waals surface area contributed by atoms with Gasteiger partial charge in [-0.05, 0) is 81.2 Å². The number of aryl methyl sites for hydroxylation is 1. The van der Waals surface area contributed by atoms with Gasteiger partial charge in [-0.15, -0.1) is 0 Å². The Hall–Kier alpha value is -2.23. The van der Waals surface area contributed by atoms with Gasteiger partial charge in [0, 0.05) is 30.7 Å². The molecule has 2 aromatic heterocycles. The van der Waals surface area contributed by atoms with E-state index in [1.54, 1.807) is 0 Å². The van der Waals surface area contributed by atoms with E-state index in [0.29, 0.717) is 20.5 Å². The number of piperidine rings is 1. The molecule has 1 amide bonds. The molecule has 2 unspecified atom stereocenters. The largest absolute Gasteiger partial charge is 0.306 e. The quantitative estimate of drug-likeness (QED) is 0.691. The Morgan fingerprint density at radius 2 is 1.97 bits per heavy atom. The molecule has 0 radical (unpaired) electrons. The number of carbonyl (C=O) groups is 1. The number of allylic oxidation sites excluding steroid dienone is 2. The van der Waals surface area contributed by atoms with Crippen LogP contribution in [0.5, 0.6) is 0 Å². The first kappa shape index (κ1) is 19.7. The Morgan fingerprint density at radius 3 is 2.73 bits per heavy atom. The summed E-state index contributed by atoms with van der Waals surface area (Å²) in [5.41, 5.74) is 4.37. The van der Waals surface area contributed by atoms with Crippen LogP contribution in [0, 0.1) is 12.8 Å². The number of likely N-dealkylation sites (tertiary alicyclic amines) is 1. The smallest absolute Gasteiger partial charge is 0.252 e. The van der Waals surface area contributed by atoms with E-state index in [9.17, 15) is 4.79 Å². The molecule has 0 N–H and O–H groups in total. The van der Waals surface area contributed by atoms with Crippen molar-refractivity contribution in [1.29, 1.82) is 0 Å². The molecule has 0 saturated carbocycles. The summed E-state index contributed by atoms with van der Waals surface area (Å²) in [5.74, 6) is 0.792. The minimum atomic E-state index is 0.0946. The molecule has 0 aromatic carbocycles. The third-order valence-electron chi connectivity index (χ3n) is 6.50. The highest BCUT2D eigenvalue weighted by Gasteiger charge is 2.31. The summed E-state index contributed by atoms with van der Waals surface area (Å²) >= 11 is 0. The number of pyridine rings is 1. The van der Waals surface area contributed by atoms with Crippen molar-refractivity contribution in [3.05, 3.63) is 65.8 Å². The third kappa shape index (κ3) is 3.66. The fraction of sp³-hybridized carbons (Fsp3) is 0.417. The van der Waals surface area contributed by atoms with Crippen molar-refractivity contribution in [3.63, 3.8) is 0 Å². The average molecular weight is 420 g/mol. The Labute approximate surface area is 179 Å². The van der Waals surface area contributed by atoms with Crippen molar-refractivity contribution >= 4 is 25.4 Å². The lowest BCUT2D eigenvalue weighted by Gasteiger charge is -2.38. The van der Waals surface area contributed by atoms with Crippen molar-refractivity contribution in [3.8, 4) is 0 Å². The lowest BCUT2D eigenvalue weighted by Crippen LogP contribution is -2.40.